The predicted octanol–water partition coefficient (Wildman–Crippen LogP) is 0.940. The summed E-state index contributed by atoms with van der Waals surface area (Å²) in [6.07, 6.45) is 0. The molecule has 1 aromatic heterocycles. The third kappa shape index (κ3) is 1.71. The van der Waals surface area contributed by atoms with Gasteiger partial charge in [0, 0.05) is 11.2 Å². The van der Waals surface area contributed by atoms with Gasteiger partial charge in [0.15, 0.2) is 0 Å². The van der Waals surface area contributed by atoms with Crippen molar-refractivity contribution in [3.63, 3.8) is 0 Å². The van der Waals surface area contributed by atoms with Crippen LogP contribution in [0.3, 0.4) is 0 Å². The Labute approximate surface area is 87.6 Å². The molecule has 0 atom stereocenters. The van der Waals surface area contributed by atoms with Gasteiger partial charge in [0.1, 0.15) is 6.54 Å². The number of aryl methyl sites for hydroxylation is 1. The van der Waals surface area contributed by atoms with Crippen molar-refractivity contribution in [2.24, 2.45) is 5.84 Å². The molecule has 15 heavy (non-hydrogen) atoms. The first-order valence-electron chi connectivity index (χ1n) is 4.76. The summed E-state index contributed by atoms with van der Waals surface area (Å²) in [5.74, 6) is 4.87. The number of fused-ring (bicyclic) bond motifs is 1. The van der Waals surface area contributed by atoms with Gasteiger partial charge in [-0.25, -0.2) is 5.84 Å². The van der Waals surface area contributed by atoms with Crippen LogP contribution in [-0.4, -0.2) is 10.5 Å². The molecule has 4 nitrogen and oxygen atoms in total. The van der Waals surface area contributed by atoms with Crippen LogP contribution >= 0.6 is 0 Å². The largest absolute Gasteiger partial charge is 0.335 e. The van der Waals surface area contributed by atoms with Gasteiger partial charge < -0.3 is 4.57 Å². The average molecular weight is 203 g/mol. The minimum Gasteiger partial charge on any atom is -0.335 e. The minimum absolute atomic E-state index is 0.195. The lowest BCUT2D eigenvalue weighted by Gasteiger charge is -2.06. The van der Waals surface area contributed by atoms with Crippen LogP contribution in [0.4, 0.5) is 0 Å². The number of hydrogen-bond acceptors (Lipinski definition) is 2. The smallest absolute Gasteiger partial charge is 0.253 e. The molecule has 0 saturated carbocycles. The zero-order valence-corrected chi connectivity index (χ0v) is 8.53. The first-order valence-corrected chi connectivity index (χ1v) is 4.76. The molecule has 0 aliphatic rings. The second kappa shape index (κ2) is 3.74. The normalized spacial score (nSPS) is 10.5. The summed E-state index contributed by atoms with van der Waals surface area (Å²) in [6, 6.07) is 10.0. The number of carbonyl (C=O) groups excluding carboxylic acids is 1. The minimum atomic E-state index is -0.195. The van der Waals surface area contributed by atoms with E-state index in [1.807, 2.05) is 35.8 Å². The summed E-state index contributed by atoms with van der Waals surface area (Å²) >= 11 is 0. The Kier molecular flexibility index (Phi) is 2.43. The Morgan fingerprint density at radius 2 is 2.20 bits per heavy atom. The maximum Gasteiger partial charge on any atom is 0.253 e. The first kappa shape index (κ1) is 9.73. The number of amides is 1. The van der Waals surface area contributed by atoms with Gasteiger partial charge in [-0.3, -0.25) is 10.2 Å². The van der Waals surface area contributed by atoms with Crippen LogP contribution in [0.2, 0.25) is 0 Å². The molecule has 0 aliphatic carbocycles. The molecule has 1 heterocycles. The van der Waals surface area contributed by atoms with E-state index >= 15 is 0 Å². The van der Waals surface area contributed by atoms with Crippen molar-refractivity contribution in [2.45, 2.75) is 13.5 Å². The number of para-hydroxylation sites is 1. The highest BCUT2D eigenvalue weighted by Crippen LogP contribution is 2.18. The molecule has 1 amide bonds. The van der Waals surface area contributed by atoms with Gasteiger partial charge in [-0.1, -0.05) is 18.2 Å². The third-order valence-electron chi connectivity index (χ3n) is 2.48. The van der Waals surface area contributed by atoms with E-state index in [-0.39, 0.29) is 12.5 Å². The number of aromatic nitrogens is 1. The zero-order chi connectivity index (χ0) is 10.8. The number of nitrogens with zero attached hydrogens (tertiary/aromatic N) is 1. The molecular formula is C11H13N3O. The third-order valence-corrected chi connectivity index (χ3v) is 2.48. The summed E-state index contributed by atoms with van der Waals surface area (Å²) in [6.45, 7) is 2.24. The van der Waals surface area contributed by atoms with Gasteiger partial charge in [0.05, 0.1) is 0 Å². The number of rotatable bonds is 2. The molecule has 2 rings (SSSR count). The second-order valence-corrected chi connectivity index (χ2v) is 3.50. The van der Waals surface area contributed by atoms with E-state index in [0.717, 1.165) is 16.6 Å². The molecule has 0 spiro atoms. The maximum atomic E-state index is 11.2. The van der Waals surface area contributed by atoms with Crippen molar-refractivity contribution in [3.05, 3.63) is 36.0 Å². The maximum absolute atomic E-state index is 11.2. The monoisotopic (exact) mass is 203 g/mol. The van der Waals surface area contributed by atoms with Crippen LogP contribution in [0.25, 0.3) is 10.9 Å². The van der Waals surface area contributed by atoms with Crippen LogP contribution in [-0.2, 0) is 11.3 Å². The Balaban J connectivity index is 2.49. The molecule has 4 heteroatoms. The highest BCUT2D eigenvalue weighted by atomic mass is 16.2. The van der Waals surface area contributed by atoms with Crippen LogP contribution in [0.5, 0.6) is 0 Å². The Hall–Kier alpha value is -1.81. The zero-order valence-electron chi connectivity index (χ0n) is 8.53. The molecule has 78 valence electrons. The van der Waals surface area contributed by atoms with E-state index in [9.17, 15) is 4.79 Å². The van der Waals surface area contributed by atoms with E-state index in [1.54, 1.807) is 0 Å². The number of hydrogen-bond donors (Lipinski definition) is 2. The van der Waals surface area contributed by atoms with Gasteiger partial charge in [-0.15, -0.1) is 0 Å². The first-order chi connectivity index (χ1) is 7.22. The molecule has 0 fully saturated rings. The van der Waals surface area contributed by atoms with Crippen LogP contribution in [0.1, 0.15) is 5.69 Å². The number of hydrazine groups is 1. The molecule has 2 aromatic rings. The Bertz CT molecular complexity index is 502. The molecule has 3 N–H and O–H groups in total. The molecule has 0 radical (unpaired) electrons. The van der Waals surface area contributed by atoms with Crippen molar-refractivity contribution < 1.29 is 4.79 Å². The van der Waals surface area contributed by atoms with Gasteiger partial charge in [0.2, 0.25) is 0 Å². The molecule has 0 aliphatic heterocycles. The predicted molar refractivity (Wildman–Crippen MR) is 59.0 cm³/mol. The second-order valence-electron chi connectivity index (χ2n) is 3.50. The summed E-state index contributed by atoms with van der Waals surface area (Å²) in [5.41, 5.74) is 4.25. The Morgan fingerprint density at radius 3 is 2.93 bits per heavy atom. The summed E-state index contributed by atoms with van der Waals surface area (Å²) in [4.78, 5) is 11.2. The fourth-order valence-electron chi connectivity index (χ4n) is 1.75. The van der Waals surface area contributed by atoms with Crippen LogP contribution in [0, 0.1) is 6.92 Å². The lowest BCUT2D eigenvalue weighted by molar-refractivity contribution is -0.121. The van der Waals surface area contributed by atoms with E-state index in [2.05, 4.69) is 11.5 Å². The quantitative estimate of drug-likeness (QED) is 0.433. The van der Waals surface area contributed by atoms with Gasteiger partial charge in [0.25, 0.3) is 5.91 Å². The molecule has 1 aromatic carbocycles. The fraction of sp³-hybridized carbons (Fsp3) is 0.182. The van der Waals surface area contributed by atoms with Crippen molar-refractivity contribution >= 4 is 16.8 Å². The summed E-state index contributed by atoms with van der Waals surface area (Å²) in [7, 11) is 0. The van der Waals surface area contributed by atoms with Crippen molar-refractivity contribution in [3.8, 4) is 0 Å². The van der Waals surface area contributed by atoms with Crippen molar-refractivity contribution in [1.82, 2.24) is 9.99 Å². The topological polar surface area (TPSA) is 60.0 Å². The van der Waals surface area contributed by atoms with Crippen molar-refractivity contribution in [2.75, 3.05) is 0 Å². The molecule has 0 bridgehead atoms. The van der Waals surface area contributed by atoms with E-state index in [1.165, 1.54) is 0 Å². The summed E-state index contributed by atoms with van der Waals surface area (Å²) < 4.78 is 1.94. The van der Waals surface area contributed by atoms with E-state index in [0.29, 0.717) is 0 Å². The number of nitrogens with one attached hydrogen (secondary N) is 1. The SMILES string of the molecule is Cc1cc2ccccc2n1CC(=O)NN. The molecule has 0 saturated heterocycles. The van der Waals surface area contributed by atoms with Gasteiger partial charge in [-0.2, -0.15) is 0 Å². The van der Waals surface area contributed by atoms with E-state index in [4.69, 9.17) is 5.84 Å². The Morgan fingerprint density at radius 1 is 1.47 bits per heavy atom. The number of carbonyl (C=O) groups is 1. The summed E-state index contributed by atoms with van der Waals surface area (Å²) in [5, 5.41) is 1.14. The standard InChI is InChI=1S/C11H13N3O/c1-8-6-9-4-2-3-5-10(9)14(8)7-11(15)13-12/h2-6H,7,12H2,1H3,(H,13,15). The van der Waals surface area contributed by atoms with Gasteiger partial charge >= 0.3 is 0 Å². The fourth-order valence-corrected chi connectivity index (χ4v) is 1.75. The highest BCUT2D eigenvalue weighted by molar-refractivity contribution is 5.84. The van der Waals surface area contributed by atoms with Crippen LogP contribution in [0.15, 0.2) is 30.3 Å². The van der Waals surface area contributed by atoms with Crippen molar-refractivity contribution in [1.29, 1.82) is 0 Å². The molecule has 0 unspecified atom stereocenters. The molecular weight excluding hydrogens is 190 g/mol. The number of benzene rings is 1. The van der Waals surface area contributed by atoms with Gasteiger partial charge in [-0.05, 0) is 24.4 Å². The van der Waals surface area contributed by atoms with E-state index < -0.39 is 0 Å². The van der Waals surface area contributed by atoms with Crippen LogP contribution < -0.4 is 11.3 Å². The number of nitrogens with two attached hydrogens (primary N) is 1. The average Bonchev–Trinajstić information content (AvgIpc) is 2.55. The lowest BCUT2D eigenvalue weighted by Crippen LogP contribution is -2.33. The lowest BCUT2D eigenvalue weighted by atomic mass is 10.2. The highest BCUT2D eigenvalue weighted by Gasteiger charge is 2.07.